The zero-order valence-electron chi connectivity index (χ0n) is 23.8. The number of hydrogen-bond acceptors (Lipinski definition) is 3. The third-order valence-electron chi connectivity index (χ3n) is 7.68. The number of nitrogens with one attached hydrogen (secondary N) is 2. The van der Waals surface area contributed by atoms with Gasteiger partial charge in [0.2, 0.25) is 5.91 Å². The molecule has 10 heteroatoms. The summed E-state index contributed by atoms with van der Waals surface area (Å²) >= 11 is 5.76. The molecular weight excluding hydrogens is 559 g/mol. The van der Waals surface area contributed by atoms with E-state index in [4.69, 9.17) is 12.2 Å². The molecule has 1 fully saturated rings. The van der Waals surface area contributed by atoms with Crippen LogP contribution in [-0.2, 0) is 11.0 Å². The van der Waals surface area contributed by atoms with Gasteiger partial charge in [0.1, 0.15) is 0 Å². The highest BCUT2D eigenvalue weighted by Crippen LogP contribution is 2.42. The van der Waals surface area contributed by atoms with Crippen LogP contribution in [0.1, 0.15) is 57.8 Å². The smallest absolute Gasteiger partial charge is 0.352 e. The number of amides is 1. The lowest BCUT2D eigenvalue weighted by molar-refractivity contribution is -0.137. The van der Waals surface area contributed by atoms with E-state index >= 15 is 0 Å². The van der Waals surface area contributed by atoms with Gasteiger partial charge in [0.25, 0.3) is 0 Å². The Labute approximate surface area is 248 Å². The minimum atomic E-state index is -4.51. The van der Waals surface area contributed by atoms with Gasteiger partial charge in [-0.1, -0.05) is 30.3 Å². The third kappa shape index (κ3) is 5.76. The number of halogens is 3. The first-order chi connectivity index (χ1) is 20.0. The van der Waals surface area contributed by atoms with Crippen molar-refractivity contribution < 1.29 is 18.0 Å². The average molecular weight is 592 g/mol. The van der Waals surface area contributed by atoms with Crippen LogP contribution in [0.2, 0.25) is 0 Å². The van der Waals surface area contributed by atoms with E-state index in [9.17, 15) is 18.0 Å². The van der Waals surface area contributed by atoms with Crippen molar-refractivity contribution in [2.45, 2.75) is 52.4 Å². The molecule has 0 spiro atoms. The van der Waals surface area contributed by atoms with Gasteiger partial charge >= 0.3 is 6.18 Å². The first-order valence-electron chi connectivity index (χ1n) is 13.7. The first kappa shape index (κ1) is 29.3. The molecule has 0 saturated carbocycles. The van der Waals surface area contributed by atoms with E-state index < -0.39 is 17.8 Å². The number of benzene rings is 2. The van der Waals surface area contributed by atoms with E-state index in [2.05, 4.69) is 15.6 Å². The molecule has 1 aliphatic rings. The SMILES string of the molecule is Cc1ccc(C)c(NC(=O)CCN2C(=S)N[C@@H](c3ccccn3)[C@@H]2c2cc(C)n(-c3ccccc3C(F)(F)F)c2C)c1. The second kappa shape index (κ2) is 11.6. The van der Waals surface area contributed by atoms with Gasteiger partial charge in [-0.3, -0.25) is 9.78 Å². The number of carbonyl (C=O) groups excluding carboxylic acids is 1. The van der Waals surface area contributed by atoms with E-state index in [0.29, 0.717) is 23.0 Å². The molecule has 4 aromatic rings. The fourth-order valence-corrected chi connectivity index (χ4v) is 5.99. The molecule has 0 unspecified atom stereocenters. The number of carbonyl (C=O) groups is 1. The summed E-state index contributed by atoms with van der Waals surface area (Å²) in [4.78, 5) is 19.5. The first-order valence-corrected chi connectivity index (χ1v) is 14.1. The topological polar surface area (TPSA) is 62.2 Å². The summed E-state index contributed by atoms with van der Waals surface area (Å²) < 4.78 is 43.6. The molecule has 5 rings (SSSR count). The van der Waals surface area contributed by atoms with E-state index in [1.807, 2.05) is 68.1 Å². The average Bonchev–Trinajstić information content (AvgIpc) is 3.43. The Bertz CT molecular complexity index is 1630. The summed E-state index contributed by atoms with van der Waals surface area (Å²) in [5.74, 6) is -0.156. The van der Waals surface area contributed by atoms with Crippen molar-refractivity contribution in [2.24, 2.45) is 0 Å². The van der Waals surface area contributed by atoms with E-state index in [-0.39, 0.29) is 24.1 Å². The van der Waals surface area contributed by atoms with Crippen molar-refractivity contribution in [3.05, 3.63) is 112 Å². The summed E-state index contributed by atoms with van der Waals surface area (Å²) in [5, 5.41) is 6.82. The summed E-state index contributed by atoms with van der Waals surface area (Å²) in [6, 6.07) is 18.2. The maximum Gasteiger partial charge on any atom is 0.418 e. The maximum absolute atomic E-state index is 14.0. The quantitative estimate of drug-likeness (QED) is 0.224. The maximum atomic E-state index is 14.0. The van der Waals surface area contributed by atoms with Crippen molar-refractivity contribution in [3.63, 3.8) is 0 Å². The Balaban J connectivity index is 1.51. The van der Waals surface area contributed by atoms with Crippen molar-refractivity contribution in [1.82, 2.24) is 19.8 Å². The van der Waals surface area contributed by atoms with Crippen LogP contribution in [-0.4, -0.2) is 32.0 Å². The lowest BCUT2D eigenvalue weighted by Gasteiger charge is -2.28. The largest absolute Gasteiger partial charge is 0.418 e. The number of pyridine rings is 1. The van der Waals surface area contributed by atoms with Crippen LogP contribution in [0.3, 0.4) is 0 Å². The summed E-state index contributed by atoms with van der Waals surface area (Å²) in [6.07, 6.45) is -2.65. The predicted molar refractivity (Wildman–Crippen MR) is 162 cm³/mol. The number of hydrogen-bond donors (Lipinski definition) is 2. The Hall–Kier alpha value is -4.18. The Morgan fingerprint density at radius 2 is 1.76 bits per heavy atom. The molecule has 2 N–H and O–H groups in total. The fourth-order valence-electron chi connectivity index (χ4n) is 5.66. The molecule has 3 heterocycles. The highest BCUT2D eigenvalue weighted by Gasteiger charge is 2.42. The lowest BCUT2D eigenvalue weighted by atomic mass is 9.96. The molecule has 1 saturated heterocycles. The molecule has 1 amide bonds. The lowest BCUT2D eigenvalue weighted by Crippen LogP contribution is -2.33. The van der Waals surface area contributed by atoms with Crippen LogP contribution < -0.4 is 10.6 Å². The Morgan fingerprint density at radius 3 is 2.48 bits per heavy atom. The molecular formula is C32H32F3N5OS. The van der Waals surface area contributed by atoms with Gasteiger partial charge in [0, 0.05) is 36.2 Å². The molecule has 1 aliphatic heterocycles. The molecule has 6 nitrogen and oxygen atoms in total. The molecule has 2 atom stereocenters. The highest BCUT2D eigenvalue weighted by molar-refractivity contribution is 7.80. The molecule has 42 heavy (non-hydrogen) atoms. The van der Waals surface area contributed by atoms with Crippen LogP contribution in [0.4, 0.5) is 18.9 Å². The van der Waals surface area contributed by atoms with Gasteiger partial charge in [0.05, 0.1) is 29.0 Å². The number of para-hydroxylation sites is 1. The Kier molecular flexibility index (Phi) is 8.10. The van der Waals surface area contributed by atoms with Crippen LogP contribution in [0.25, 0.3) is 5.69 Å². The minimum absolute atomic E-state index is 0.0635. The summed E-state index contributed by atoms with van der Waals surface area (Å²) in [6.45, 7) is 7.82. The van der Waals surface area contributed by atoms with Crippen molar-refractivity contribution >= 4 is 28.9 Å². The van der Waals surface area contributed by atoms with E-state index in [0.717, 1.165) is 34.1 Å². The molecule has 0 bridgehead atoms. The van der Waals surface area contributed by atoms with E-state index in [1.54, 1.807) is 23.8 Å². The standard InChI is InChI=1S/C32H32F3N5OS/c1-19-12-13-20(2)26(17-19)37-28(41)14-16-39-30(29(38-31(39)42)25-10-7-8-15-36-25)23-18-21(3)40(22(23)4)27-11-6-5-9-24(27)32(33,34)35/h5-13,15,17-18,29-30H,14,16H2,1-4H3,(H,37,41)(H,38,42)/t29-,30-/m0/s1. The zero-order chi connectivity index (χ0) is 30.2. The normalized spacial score (nSPS) is 16.9. The molecule has 2 aromatic carbocycles. The van der Waals surface area contributed by atoms with Crippen LogP contribution in [0, 0.1) is 27.7 Å². The number of thiocarbonyl (C=S) groups is 1. The number of aromatic nitrogens is 2. The van der Waals surface area contributed by atoms with E-state index in [1.165, 1.54) is 12.1 Å². The molecule has 2 aromatic heterocycles. The van der Waals surface area contributed by atoms with Gasteiger partial charge in [-0.2, -0.15) is 13.2 Å². The Morgan fingerprint density at radius 1 is 1.02 bits per heavy atom. The van der Waals surface area contributed by atoms with Crippen LogP contribution >= 0.6 is 12.2 Å². The second-order valence-corrected chi connectivity index (χ2v) is 11.0. The number of nitrogens with zero attached hydrogens (tertiary/aromatic N) is 3. The van der Waals surface area contributed by atoms with Crippen molar-refractivity contribution in [1.29, 1.82) is 0 Å². The summed E-state index contributed by atoms with van der Waals surface area (Å²) in [5.41, 5.74) is 4.99. The van der Waals surface area contributed by atoms with Crippen LogP contribution in [0.5, 0.6) is 0 Å². The van der Waals surface area contributed by atoms with Gasteiger partial charge in [-0.15, -0.1) is 0 Å². The molecule has 0 aliphatic carbocycles. The van der Waals surface area contributed by atoms with Crippen molar-refractivity contribution in [2.75, 3.05) is 11.9 Å². The highest BCUT2D eigenvalue weighted by atomic mass is 32.1. The monoisotopic (exact) mass is 591 g/mol. The number of anilines is 1. The molecule has 218 valence electrons. The number of rotatable bonds is 7. The minimum Gasteiger partial charge on any atom is -0.352 e. The van der Waals surface area contributed by atoms with Gasteiger partial charge in [0.15, 0.2) is 5.11 Å². The number of aryl methyl sites for hydroxylation is 3. The molecule has 0 radical (unpaired) electrons. The van der Waals surface area contributed by atoms with Gasteiger partial charge in [-0.05, 0) is 93.0 Å². The third-order valence-corrected chi connectivity index (χ3v) is 8.04. The summed E-state index contributed by atoms with van der Waals surface area (Å²) in [7, 11) is 0. The predicted octanol–water partition coefficient (Wildman–Crippen LogP) is 7.13. The zero-order valence-corrected chi connectivity index (χ0v) is 24.6. The van der Waals surface area contributed by atoms with Crippen molar-refractivity contribution in [3.8, 4) is 5.69 Å². The van der Waals surface area contributed by atoms with Gasteiger partial charge in [-0.25, -0.2) is 0 Å². The number of alkyl halides is 3. The van der Waals surface area contributed by atoms with Gasteiger partial charge < -0.3 is 20.1 Å². The van der Waals surface area contributed by atoms with Crippen LogP contribution in [0.15, 0.2) is 72.9 Å². The second-order valence-electron chi connectivity index (χ2n) is 10.6. The fraction of sp³-hybridized carbons (Fsp3) is 0.281.